The van der Waals surface area contributed by atoms with E-state index < -0.39 is 23.8 Å². The number of benzene rings is 3. The number of rotatable bonds is 12. The number of amides is 2. The van der Waals surface area contributed by atoms with Crippen LogP contribution in [0.15, 0.2) is 85.3 Å². The maximum atomic E-state index is 13.4. The molecule has 11 heteroatoms. The van der Waals surface area contributed by atoms with Crippen molar-refractivity contribution in [2.24, 2.45) is 5.73 Å². The van der Waals surface area contributed by atoms with Crippen LogP contribution in [0.3, 0.4) is 0 Å². The van der Waals surface area contributed by atoms with E-state index in [1.54, 1.807) is 42.7 Å². The number of imidazole rings is 1. The average Bonchev–Trinajstić information content (AvgIpc) is 3.50. The van der Waals surface area contributed by atoms with E-state index in [1.807, 2.05) is 42.6 Å². The van der Waals surface area contributed by atoms with Crippen LogP contribution in [0.1, 0.15) is 50.8 Å². The number of nitrogens with zero attached hydrogens (tertiary/aromatic N) is 2. The summed E-state index contributed by atoms with van der Waals surface area (Å²) in [4.78, 5) is 41.3. The van der Waals surface area contributed by atoms with Crippen LogP contribution in [0.25, 0.3) is 6.08 Å². The SMILES string of the molecule is COC(=O)/C=C/c1ccc(Cn2cncc2CNC2CCOc3c(C(=O)N[C@@H](Cc4ccc(Cl)cc4)C(N)=O)cccc32)cc1. The van der Waals surface area contributed by atoms with Crippen LogP contribution in [-0.4, -0.2) is 47.1 Å². The Kier molecular flexibility index (Phi) is 10.3. The van der Waals surface area contributed by atoms with Crippen LogP contribution < -0.4 is 21.1 Å². The lowest BCUT2D eigenvalue weighted by Crippen LogP contribution is -2.46. The fraction of sp³-hybridized carbons (Fsp3) is 0.235. The summed E-state index contributed by atoms with van der Waals surface area (Å²) in [5.74, 6) is -0.979. The Labute approximate surface area is 266 Å². The zero-order chi connectivity index (χ0) is 31.8. The van der Waals surface area contributed by atoms with E-state index in [0.717, 1.165) is 27.9 Å². The maximum Gasteiger partial charge on any atom is 0.330 e. The second kappa shape index (κ2) is 14.7. The summed E-state index contributed by atoms with van der Waals surface area (Å²) >= 11 is 5.97. The molecule has 2 heterocycles. The predicted molar refractivity (Wildman–Crippen MR) is 171 cm³/mol. The molecule has 1 aliphatic rings. The van der Waals surface area contributed by atoms with Gasteiger partial charge in [-0.25, -0.2) is 9.78 Å². The second-order valence-electron chi connectivity index (χ2n) is 10.7. The highest BCUT2D eigenvalue weighted by molar-refractivity contribution is 6.30. The monoisotopic (exact) mass is 627 g/mol. The average molecular weight is 628 g/mol. The standard InChI is InChI=1S/C34H34ClN5O5/c1-44-31(41)14-11-22-5-7-24(8-6-22)20-40-21-37-18-26(40)19-38-29-15-16-45-32-27(29)3-2-4-28(32)34(43)39-30(33(36)42)17-23-9-12-25(35)13-10-23/h2-14,18,21,29-30,38H,15-17,19-20H2,1H3,(H2,36,42)(H,39,43)/b14-11+/t29?,30-/m0/s1. The number of methoxy groups -OCH3 is 1. The molecule has 2 atom stereocenters. The molecule has 1 unspecified atom stereocenters. The second-order valence-corrected chi connectivity index (χ2v) is 11.1. The molecule has 1 aromatic heterocycles. The summed E-state index contributed by atoms with van der Waals surface area (Å²) < 4.78 is 12.7. The molecule has 0 fully saturated rings. The Morgan fingerprint density at radius 2 is 1.87 bits per heavy atom. The van der Waals surface area contributed by atoms with E-state index in [2.05, 4.69) is 24.9 Å². The van der Waals surface area contributed by atoms with Gasteiger partial charge in [0.15, 0.2) is 0 Å². The van der Waals surface area contributed by atoms with Crippen LogP contribution in [0.4, 0.5) is 0 Å². The molecule has 5 rings (SSSR count). The third-order valence-corrected chi connectivity index (χ3v) is 7.85. The zero-order valence-electron chi connectivity index (χ0n) is 24.7. The molecule has 0 radical (unpaired) electrons. The van der Waals surface area contributed by atoms with Gasteiger partial charge in [0.2, 0.25) is 5.91 Å². The summed E-state index contributed by atoms with van der Waals surface area (Å²) in [6, 6.07) is 19.4. The van der Waals surface area contributed by atoms with Crippen molar-refractivity contribution in [3.63, 3.8) is 0 Å². The van der Waals surface area contributed by atoms with Gasteiger partial charge in [-0.2, -0.15) is 0 Å². The first-order valence-corrected chi connectivity index (χ1v) is 14.9. The molecular formula is C34H34ClN5O5. The fourth-order valence-corrected chi connectivity index (χ4v) is 5.29. The van der Waals surface area contributed by atoms with Gasteiger partial charge < -0.3 is 30.4 Å². The van der Waals surface area contributed by atoms with Gasteiger partial charge in [-0.05, 0) is 41.0 Å². The number of ether oxygens (including phenoxy) is 2. The summed E-state index contributed by atoms with van der Waals surface area (Å²) in [5.41, 5.74) is 10.6. The minimum Gasteiger partial charge on any atom is -0.492 e. The number of hydrogen-bond donors (Lipinski definition) is 3. The molecule has 10 nitrogen and oxygen atoms in total. The van der Waals surface area contributed by atoms with E-state index in [9.17, 15) is 14.4 Å². The smallest absolute Gasteiger partial charge is 0.330 e. The molecule has 0 spiro atoms. The molecule has 0 saturated carbocycles. The number of nitrogens with one attached hydrogen (secondary N) is 2. The van der Waals surface area contributed by atoms with Crippen LogP contribution >= 0.6 is 11.6 Å². The Hall–Kier alpha value is -4.93. The van der Waals surface area contributed by atoms with Crippen molar-refractivity contribution in [3.8, 4) is 5.75 Å². The molecule has 232 valence electrons. The molecule has 1 aliphatic heterocycles. The molecule has 0 bridgehead atoms. The fourth-order valence-electron chi connectivity index (χ4n) is 5.16. The quantitative estimate of drug-likeness (QED) is 0.158. The van der Waals surface area contributed by atoms with Crippen molar-refractivity contribution in [1.29, 1.82) is 0 Å². The predicted octanol–water partition coefficient (Wildman–Crippen LogP) is 4.21. The lowest BCUT2D eigenvalue weighted by atomic mass is 9.96. The highest BCUT2D eigenvalue weighted by Crippen LogP contribution is 2.35. The summed E-state index contributed by atoms with van der Waals surface area (Å²) in [7, 11) is 1.35. The molecule has 0 aliphatic carbocycles. The third-order valence-electron chi connectivity index (χ3n) is 7.59. The highest BCUT2D eigenvalue weighted by Gasteiger charge is 2.28. The Morgan fingerprint density at radius 3 is 2.60 bits per heavy atom. The van der Waals surface area contributed by atoms with Gasteiger partial charge in [-0.15, -0.1) is 0 Å². The van der Waals surface area contributed by atoms with Crippen LogP contribution in [0.5, 0.6) is 5.75 Å². The van der Waals surface area contributed by atoms with Crippen molar-refractivity contribution in [3.05, 3.63) is 124 Å². The van der Waals surface area contributed by atoms with Gasteiger partial charge in [0.1, 0.15) is 11.8 Å². The Balaban J connectivity index is 1.24. The van der Waals surface area contributed by atoms with Gasteiger partial charge in [-0.1, -0.05) is 60.1 Å². The van der Waals surface area contributed by atoms with Gasteiger partial charge in [0.25, 0.3) is 5.91 Å². The van der Waals surface area contributed by atoms with E-state index in [-0.39, 0.29) is 12.5 Å². The molecule has 4 aromatic rings. The van der Waals surface area contributed by atoms with Crippen molar-refractivity contribution >= 4 is 35.5 Å². The molecular weight excluding hydrogens is 594 g/mol. The number of fused-ring (bicyclic) bond motifs is 1. The largest absolute Gasteiger partial charge is 0.492 e. The molecule has 0 saturated heterocycles. The minimum absolute atomic E-state index is 0.0632. The summed E-state index contributed by atoms with van der Waals surface area (Å²) in [5, 5.41) is 6.96. The van der Waals surface area contributed by atoms with Crippen molar-refractivity contribution in [2.75, 3.05) is 13.7 Å². The topological polar surface area (TPSA) is 138 Å². The van der Waals surface area contributed by atoms with Gasteiger partial charge in [0.05, 0.1) is 31.3 Å². The van der Waals surface area contributed by atoms with E-state index in [1.165, 1.54) is 13.2 Å². The number of nitrogens with two attached hydrogens (primary N) is 1. The summed E-state index contributed by atoms with van der Waals surface area (Å²) in [6.45, 7) is 1.60. The minimum atomic E-state index is -0.903. The number of primary amides is 1. The molecule has 3 aromatic carbocycles. The van der Waals surface area contributed by atoms with Gasteiger partial charge in [0, 0.05) is 54.8 Å². The van der Waals surface area contributed by atoms with Crippen LogP contribution in [0.2, 0.25) is 5.02 Å². The molecule has 45 heavy (non-hydrogen) atoms. The number of aromatic nitrogens is 2. The first-order valence-electron chi connectivity index (χ1n) is 14.5. The van der Waals surface area contributed by atoms with Crippen molar-refractivity contribution in [2.45, 2.75) is 38.0 Å². The van der Waals surface area contributed by atoms with Gasteiger partial charge in [-0.3, -0.25) is 9.59 Å². The number of para-hydroxylation sites is 1. The Bertz CT molecular complexity index is 1680. The van der Waals surface area contributed by atoms with Crippen LogP contribution in [-0.2, 0) is 33.8 Å². The lowest BCUT2D eigenvalue weighted by molar-refractivity contribution is -0.134. The first-order chi connectivity index (χ1) is 21.8. The van der Waals surface area contributed by atoms with E-state index in [0.29, 0.717) is 42.5 Å². The van der Waals surface area contributed by atoms with E-state index in [4.69, 9.17) is 22.1 Å². The number of halogens is 1. The number of carbonyl (C=O) groups is 3. The number of hydrogen-bond acceptors (Lipinski definition) is 7. The first kappa shape index (κ1) is 31.5. The van der Waals surface area contributed by atoms with Crippen LogP contribution in [0, 0.1) is 0 Å². The van der Waals surface area contributed by atoms with Crippen molar-refractivity contribution < 1.29 is 23.9 Å². The molecule has 2 amide bonds. The number of esters is 1. The number of carbonyl (C=O) groups excluding carboxylic acids is 3. The lowest BCUT2D eigenvalue weighted by Gasteiger charge is -2.28. The zero-order valence-corrected chi connectivity index (χ0v) is 25.5. The normalized spacial score (nSPS) is 14.8. The summed E-state index contributed by atoms with van der Waals surface area (Å²) in [6.07, 6.45) is 7.67. The third kappa shape index (κ3) is 8.17. The van der Waals surface area contributed by atoms with Gasteiger partial charge >= 0.3 is 5.97 Å². The maximum absolute atomic E-state index is 13.4. The molecule has 4 N–H and O–H groups in total. The van der Waals surface area contributed by atoms with Crippen molar-refractivity contribution in [1.82, 2.24) is 20.2 Å². The Morgan fingerprint density at radius 1 is 1.11 bits per heavy atom. The highest BCUT2D eigenvalue weighted by atomic mass is 35.5. The van der Waals surface area contributed by atoms with E-state index >= 15 is 0 Å².